The van der Waals surface area contributed by atoms with Crippen LogP contribution < -0.4 is 9.64 Å². The topological polar surface area (TPSA) is 28.3 Å². The van der Waals surface area contributed by atoms with Crippen LogP contribution in [0.3, 0.4) is 0 Å². The highest BCUT2D eigenvalue weighted by Crippen LogP contribution is 2.52. The van der Waals surface area contributed by atoms with Crippen molar-refractivity contribution in [2.24, 2.45) is 0 Å². The maximum absolute atomic E-state index is 5.59. The predicted molar refractivity (Wildman–Crippen MR) is 180 cm³/mol. The first-order chi connectivity index (χ1) is 21.0. The number of aromatic amines is 1. The number of nitrogens with zero attached hydrogens (tertiary/aromatic N) is 1. The Balaban J connectivity index is 1.25. The van der Waals surface area contributed by atoms with Crippen LogP contribution in [0.5, 0.6) is 5.75 Å². The molecule has 0 unspecified atom stereocenters. The molecule has 208 valence electrons. The summed E-state index contributed by atoms with van der Waals surface area (Å²) in [4.78, 5) is 6.00. The van der Waals surface area contributed by atoms with Crippen LogP contribution in [0.25, 0.3) is 44.1 Å². The molecule has 1 N–H and O–H groups in total. The maximum Gasteiger partial charge on any atom is 0.120 e. The predicted octanol–water partition coefficient (Wildman–Crippen LogP) is 10.8. The number of methoxy groups -OCH3 is 1. The van der Waals surface area contributed by atoms with Crippen LogP contribution in [0.4, 0.5) is 17.1 Å². The summed E-state index contributed by atoms with van der Waals surface area (Å²) in [6.45, 7) is 4.71. The molecule has 0 amide bonds. The van der Waals surface area contributed by atoms with Gasteiger partial charge in [0.15, 0.2) is 0 Å². The fourth-order valence-electron chi connectivity index (χ4n) is 6.92. The van der Waals surface area contributed by atoms with Gasteiger partial charge in [-0.05, 0) is 76.3 Å². The van der Waals surface area contributed by atoms with Crippen LogP contribution in [-0.2, 0) is 5.41 Å². The second-order valence-corrected chi connectivity index (χ2v) is 11.9. The summed E-state index contributed by atoms with van der Waals surface area (Å²) in [6.07, 6.45) is 0. The molecule has 1 aromatic heterocycles. The smallest absolute Gasteiger partial charge is 0.120 e. The molecule has 0 atom stereocenters. The van der Waals surface area contributed by atoms with Crippen LogP contribution in [0.2, 0.25) is 0 Å². The zero-order chi connectivity index (χ0) is 29.1. The Morgan fingerprint density at radius 2 is 1.23 bits per heavy atom. The van der Waals surface area contributed by atoms with Gasteiger partial charge in [0.05, 0.1) is 12.6 Å². The minimum atomic E-state index is -0.165. The summed E-state index contributed by atoms with van der Waals surface area (Å²) in [5.41, 5.74) is 13.3. The maximum atomic E-state index is 5.59. The van der Waals surface area contributed by atoms with Crippen molar-refractivity contribution in [3.05, 3.63) is 145 Å². The number of hydrogen-bond donors (Lipinski definition) is 1. The number of ether oxygens (including phenoxy) is 1. The van der Waals surface area contributed by atoms with Gasteiger partial charge in [0.1, 0.15) is 5.75 Å². The van der Waals surface area contributed by atoms with Gasteiger partial charge in [-0.15, -0.1) is 0 Å². The number of benzene rings is 6. The molecule has 0 saturated heterocycles. The van der Waals surface area contributed by atoms with Gasteiger partial charge in [-0.3, -0.25) is 0 Å². The second kappa shape index (κ2) is 9.64. The highest BCUT2D eigenvalue weighted by atomic mass is 16.5. The van der Waals surface area contributed by atoms with Gasteiger partial charge < -0.3 is 14.6 Å². The number of anilines is 3. The molecule has 0 radical (unpaired) electrons. The van der Waals surface area contributed by atoms with Crippen molar-refractivity contribution in [2.45, 2.75) is 19.3 Å². The summed E-state index contributed by atoms with van der Waals surface area (Å²) in [6, 6.07) is 47.9. The Kier molecular flexibility index (Phi) is 5.70. The SMILES string of the molecule is COc1cccc(N(c2ccccc2)c2ccc3c(c2)C(C)(C)c2cc(-c4cccc5c4[nH]c4ccccc45)ccc2-3)c1. The Labute approximate surface area is 252 Å². The van der Waals surface area contributed by atoms with Crippen LogP contribution in [0.1, 0.15) is 25.0 Å². The van der Waals surface area contributed by atoms with E-state index in [2.05, 4.69) is 145 Å². The average Bonchev–Trinajstić information content (AvgIpc) is 3.54. The Morgan fingerprint density at radius 3 is 2.07 bits per heavy atom. The third-order valence-corrected chi connectivity index (χ3v) is 9.10. The van der Waals surface area contributed by atoms with Crippen molar-refractivity contribution in [3.63, 3.8) is 0 Å². The summed E-state index contributed by atoms with van der Waals surface area (Å²) >= 11 is 0. The molecule has 1 aliphatic rings. The van der Waals surface area contributed by atoms with Crippen LogP contribution >= 0.6 is 0 Å². The van der Waals surface area contributed by atoms with Crippen molar-refractivity contribution < 1.29 is 4.74 Å². The largest absolute Gasteiger partial charge is 0.497 e. The van der Waals surface area contributed by atoms with Gasteiger partial charge in [-0.2, -0.15) is 0 Å². The van der Waals surface area contributed by atoms with Crippen molar-refractivity contribution in [1.29, 1.82) is 0 Å². The van der Waals surface area contributed by atoms with Crippen molar-refractivity contribution in [3.8, 4) is 28.0 Å². The number of hydrogen-bond acceptors (Lipinski definition) is 2. The molecule has 0 fully saturated rings. The molecule has 7 aromatic rings. The molecule has 0 bridgehead atoms. The van der Waals surface area contributed by atoms with Gasteiger partial charge in [-0.1, -0.05) is 92.7 Å². The highest BCUT2D eigenvalue weighted by Gasteiger charge is 2.36. The van der Waals surface area contributed by atoms with Gasteiger partial charge in [0.25, 0.3) is 0 Å². The molecule has 3 nitrogen and oxygen atoms in total. The van der Waals surface area contributed by atoms with E-state index in [9.17, 15) is 0 Å². The molecular formula is C40H32N2O. The second-order valence-electron chi connectivity index (χ2n) is 11.9. The van der Waals surface area contributed by atoms with Gasteiger partial charge in [0.2, 0.25) is 0 Å². The molecule has 1 aliphatic carbocycles. The minimum absolute atomic E-state index is 0.165. The fraction of sp³-hybridized carbons (Fsp3) is 0.100. The highest BCUT2D eigenvalue weighted by molar-refractivity contribution is 6.12. The lowest BCUT2D eigenvalue weighted by Gasteiger charge is -2.28. The van der Waals surface area contributed by atoms with E-state index < -0.39 is 0 Å². The molecule has 3 heteroatoms. The third-order valence-electron chi connectivity index (χ3n) is 9.10. The molecular weight excluding hydrogens is 524 g/mol. The van der Waals surface area contributed by atoms with Crippen molar-refractivity contribution in [2.75, 3.05) is 12.0 Å². The van der Waals surface area contributed by atoms with Crippen LogP contribution in [0.15, 0.2) is 133 Å². The fourth-order valence-corrected chi connectivity index (χ4v) is 6.92. The summed E-state index contributed by atoms with van der Waals surface area (Å²) in [5, 5.41) is 2.53. The number of fused-ring (bicyclic) bond motifs is 6. The van der Waals surface area contributed by atoms with E-state index in [4.69, 9.17) is 4.74 Å². The minimum Gasteiger partial charge on any atom is -0.497 e. The monoisotopic (exact) mass is 556 g/mol. The van der Waals surface area contributed by atoms with E-state index in [1.165, 1.54) is 55.2 Å². The first-order valence-electron chi connectivity index (χ1n) is 14.8. The summed E-state index contributed by atoms with van der Waals surface area (Å²) in [5.74, 6) is 0.838. The van der Waals surface area contributed by atoms with E-state index in [0.29, 0.717) is 0 Å². The molecule has 0 spiro atoms. The van der Waals surface area contributed by atoms with Crippen molar-refractivity contribution >= 4 is 38.9 Å². The Hall–Kier alpha value is -5.28. The molecule has 1 heterocycles. The number of para-hydroxylation sites is 3. The molecule has 0 aliphatic heterocycles. The normalized spacial score (nSPS) is 13.2. The van der Waals surface area contributed by atoms with Crippen LogP contribution in [0, 0.1) is 0 Å². The van der Waals surface area contributed by atoms with E-state index in [-0.39, 0.29) is 5.41 Å². The standard InChI is InChI=1S/C40H32N2O/c1-40(2)36-23-26(31-16-10-17-35-34-15-7-8-18-38(34)41-39(31)35)19-21-32(36)33-22-20-29(25-37(33)40)42(27-11-5-4-6-12-27)28-13-9-14-30(24-28)43-3/h4-25,41H,1-3H3. The first-order valence-corrected chi connectivity index (χ1v) is 14.8. The number of aromatic nitrogens is 1. The number of rotatable bonds is 5. The van der Waals surface area contributed by atoms with E-state index in [0.717, 1.165) is 22.8 Å². The average molecular weight is 557 g/mol. The summed E-state index contributed by atoms with van der Waals surface area (Å²) < 4.78 is 5.59. The van der Waals surface area contributed by atoms with Crippen molar-refractivity contribution in [1.82, 2.24) is 4.98 Å². The zero-order valence-corrected chi connectivity index (χ0v) is 24.6. The molecule has 6 aromatic carbocycles. The first kappa shape index (κ1) is 25.4. The van der Waals surface area contributed by atoms with Crippen LogP contribution in [-0.4, -0.2) is 12.1 Å². The van der Waals surface area contributed by atoms with Gasteiger partial charge in [0, 0.05) is 50.4 Å². The van der Waals surface area contributed by atoms with Gasteiger partial charge >= 0.3 is 0 Å². The van der Waals surface area contributed by atoms with E-state index >= 15 is 0 Å². The quantitative estimate of drug-likeness (QED) is 0.228. The lowest BCUT2D eigenvalue weighted by molar-refractivity contribution is 0.415. The Bertz CT molecular complexity index is 2160. The lowest BCUT2D eigenvalue weighted by atomic mass is 9.81. The van der Waals surface area contributed by atoms with Gasteiger partial charge in [-0.25, -0.2) is 0 Å². The Morgan fingerprint density at radius 1 is 0.558 bits per heavy atom. The summed E-state index contributed by atoms with van der Waals surface area (Å²) in [7, 11) is 1.72. The lowest BCUT2D eigenvalue weighted by Crippen LogP contribution is -2.16. The zero-order valence-electron chi connectivity index (χ0n) is 24.6. The molecule has 43 heavy (non-hydrogen) atoms. The number of nitrogens with one attached hydrogen (secondary N) is 1. The third kappa shape index (κ3) is 3.96. The van der Waals surface area contributed by atoms with E-state index in [1.807, 2.05) is 12.1 Å². The molecule has 0 saturated carbocycles. The van der Waals surface area contributed by atoms with E-state index in [1.54, 1.807) is 7.11 Å². The molecule has 8 rings (SSSR count). The number of H-pyrrole nitrogens is 1.